The molecule has 0 aliphatic carbocycles. The lowest BCUT2D eigenvalue weighted by Crippen LogP contribution is -2.38. The van der Waals surface area contributed by atoms with Gasteiger partial charge in [-0.3, -0.25) is 9.59 Å². The summed E-state index contributed by atoms with van der Waals surface area (Å²) >= 11 is 0. The molecule has 1 aromatic carbocycles. The highest BCUT2D eigenvalue weighted by atomic mass is 32.2. The third-order valence-electron chi connectivity index (χ3n) is 3.71. The number of amides is 1. The molecule has 0 radical (unpaired) electrons. The molecule has 0 atom stereocenters. The number of aromatic nitrogens is 1. The molecule has 152 valence electrons. The topological polar surface area (TPSA) is 97.3 Å². The van der Waals surface area contributed by atoms with Gasteiger partial charge in [0.1, 0.15) is 12.1 Å². The molecule has 0 fully saturated rings. The lowest BCUT2D eigenvalue weighted by molar-refractivity contribution is -0.139. The van der Waals surface area contributed by atoms with E-state index in [0.29, 0.717) is 10.6 Å². The van der Waals surface area contributed by atoms with Crippen LogP contribution in [0.4, 0.5) is 13.2 Å². The number of aryl methyl sites for hydroxylation is 1. The van der Waals surface area contributed by atoms with Crippen molar-refractivity contribution >= 4 is 15.9 Å². The van der Waals surface area contributed by atoms with Gasteiger partial charge in [0.2, 0.25) is 15.9 Å². The Balaban J connectivity index is 1.88. The predicted molar refractivity (Wildman–Crippen MR) is 95.1 cm³/mol. The smallest absolute Gasteiger partial charge is 0.353 e. The van der Waals surface area contributed by atoms with Crippen LogP contribution in [0.25, 0.3) is 0 Å². The number of pyridine rings is 1. The van der Waals surface area contributed by atoms with Crippen molar-refractivity contribution in [1.82, 2.24) is 14.6 Å². The molecular formula is C17H18F3N3O4S. The zero-order chi connectivity index (χ0) is 20.9. The van der Waals surface area contributed by atoms with Crippen molar-refractivity contribution in [2.45, 2.75) is 24.5 Å². The van der Waals surface area contributed by atoms with Crippen LogP contribution >= 0.6 is 0 Å². The van der Waals surface area contributed by atoms with Gasteiger partial charge >= 0.3 is 6.18 Å². The molecule has 0 unspecified atom stereocenters. The Hall–Kier alpha value is -2.66. The lowest BCUT2D eigenvalue weighted by Gasteiger charge is -2.11. The second kappa shape index (κ2) is 8.57. The fourth-order valence-corrected chi connectivity index (χ4v) is 3.31. The maximum Gasteiger partial charge on any atom is 0.421 e. The summed E-state index contributed by atoms with van der Waals surface area (Å²) in [5.41, 5.74) is -1.80. The summed E-state index contributed by atoms with van der Waals surface area (Å²) in [7, 11) is -3.74. The van der Waals surface area contributed by atoms with E-state index in [2.05, 4.69) is 10.0 Å². The van der Waals surface area contributed by atoms with E-state index >= 15 is 0 Å². The fourth-order valence-electron chi connectivity index (χ4n) is 2.28. The Morgan fingerprint density at radius 2 is 1.75 bits per heavy atom. The van der Waals surface area contributed by atoms with E-state index in [4.69, 9.17) is 0 Å². The van der Waals surface area contributed by atoms with Gasteiger partial charge in [0, 0.05) is 19.3 Å². The van der Waals surface area contributed by atoms with Crippen LogP contribution in [-0.2, 0) is 27.5 Å². The van der Waals surface area contributed by atoms with E-state index in [1.807, 2.05) is 6.92 Å². The van der Waals surface area contributed by atoms with E-state index in [-0.39, 0.29) is 18.0 Å². The van der Waals surface area contributed by atoms with E-state index in [1.165, 1.54) is 12.1 Å². The van der Waals surface area contributed by atoms with Gasteiger partial charge in [-0.1, -0.05) is 17.7 Å². The van der Waals surface area contributed by atoms with Crippen LogP contribution in [0.3, 0.4) is 0 Å². The van der Waals surface area contributed by atoms with Gasteiger partial charge in [0.15, 0.2) is 0 Å². The van der Waals surface area contributed by atoms with Gasteiger partial charge in [-0.15, -0.1) is 0 Å². The molecule has 11 heteroatoms. The number of carbonyl (C=O) groups is 1. The number of hydrogen-bond acceptors (Lipinski definition) is 4. The maximum absolute atomic E-state index is 12.7. The molecule has 1 heterocycles. The Morgan fingerprint density at radius 1 is 1.11 bits per heavy atom. The monoisotopic (exact) mass is 417 g/mol. The van der Waals surface area contributed by atoms with Crippen molar-refractivity contribution in [2.75, 3.05) is 13.1 Å². The maximum atomic E-state index is 12.7. The van der Waals surface area contributed by atoms with Gasteiger partial charge in [-0.05, 0) is 31.2 Å². The number of halogens is 3. The second-order valence-corrected chi connectivity index (χ2v) is 7.68. The molecular weight excluding hydrogens is 399 g/mol. The standard InChI is InChI=1S/C17H18F3N3O4S/c1-12-4-6-13(7-5-12)28(26,27)22-9-8-21-15(24)11-23-10-2-3-14(16(23)25)17(18,19)20/h2-7,10,22H,8-9,11H2,1H3,(H,21,24). The molecule has 0 bridgehead atoms. The molecule has 7 nitrogen and oxygen atoms in total. The molecule has 28 heavy (non-hydrogen) atoms. The zero-order valence-corrected chi connectivity index (χ0v) is 15.6. The lowest BCUT2D eigenvalue weighted by atomic mass is 10.2. The molecule has 0 aliphatic heterocycles. The predicted octanol–water partition coefficient (Wildman–Crippen LogP) is 1.27. The number of benzene rings is 1. The van der Waals surface area contributed by atoms with Crippen molar-refractivity contribution in [2.24, 2.45) is 0 Å². The highest BCUT2D eigenvalue weighted by molar-refractivity contribution is 7.89. The summed E-state index contributed by atoms with van der Waals surface area (Å²) in [4.78, 5) is 23.7. The Morgan fingerprint density at radius 3 is 2.36 bits per heavy atom. The Labute approximate surface area is 159 Å². The quantitative estimate of drug-likeness (QED) is 0.663. The Kier molecular flexibility index (Phi) is 6.62. The third kappa shape index (κ3) is 5.67. The molecule has 1 aromatic heterocycles. The highest BCUT2D eigenvalue weighted by Crippen LogP contribution is 2.25. The normalized spacial score (nSPS) is 12.0. The van der Waals surface area contributed by atoms with Crippen LogP contribution in [0, 0.1) is 6.92 Å². The van der Waals surface area contributed by atoms with Crippen LogP contribution in [0.1, 0.15) is 11.1 Å². The van der Waals surface area contributed by atoms with Crippen LogP contribution < -0.4 is 15.6 Å². The zero-order valence-electron chi connectivity index (χ0n) is 14.8. The minimum Gasteiger partial charge on any atom is -0.353 e. The first kappa shape index (κ1) is 21.6. The van der Waals surface area contributed by atoms with Crippen molar-refractivity contribution in [3.05, 3.63) is 64.1 Å². The van der Waals surface area contributed by atoms with Crippen LogP contribution in [0.2, 0.25) is 0 Å². The molecule has 2 rings (SSSR count). The second-order valence-electron chi connectivity index (χ2n) is 5.91. The summed E-state index contributed by atoms with van der Waals surface area (Å²) in [6.07, 6.45) is -3.75. The van der Waals surface area contributed by atoms with E-state index in [9.17, 15) is 31.2 Å². The number of nitrogens with zero attached hydrogens (tertiary/aromatic N) is 1. The van der Waals surface area contributed by atoms with E-state index < -0.39 is 39.8 Å². The average molecular weight is 417 g/mol. The van der Waals surface area contributed by atoms with Crippen molar-refractivity contribution in [1.29, 1.82) is 0 Å². The summed E-state index contributed by atoms with van der Waals surface area (Å²) in [5.74, 6) is -0.726. The van der Waals surface area contributed by atoms with Gasteiger partial charge < -0.3 is 9.88 Å². The molecule has 0 aliphatic rings. The van der Waals surface area contributed by atoms with Gasteiger partial charge in [0.25, 0.3) is 5.56 Å². The number of carbonyl (C=O) groups excluding carboxylic acids is 1. The van der Waals surface area contributed by atoms with Crippen LogP contribution in [-0.4, -0.2) is 32.0 Å². The molecule has 0 spiro atoms. The van der Waals surface area contributed by atoms with Crippen LogP contribution in [0.15, 0.2) is 52.3 Å². The Bertz CT molecular complexity index is 1000. The first-order valence-corrected chi connectivity index (χ1v) is 9.59. The largest absolute Gasteiger partial charge is 0.421 e. The van der Waals surface area contributed by atoms with Gasteiger partial charge in [-0.25, -0.2) is 13.1 Å². The number of sulfonamides is 1. The number of alkyl halides is 3. The minimum absolute atomic E-state index is 0.0694. The molecule has 0 saturated heterocycles. The summed E-state index contributed by atoms with van der Waals surface area (Å²) in [6, 6.07) is 7.82. The first-order chi connectivity index (χ1) is 13.0. The SMILES string of the molecule is Cc1ccc(S(=O)(=O)NCCNC(=O)Cn2cccc(C(F)(F)F)c2=O)cc1. The molecule has 1 amide bonds. The van der Waals surface area contributed by atoms with Crippen molar-refractivity contribution in [3.63, 3.8) is 0 Å². The summed E-state index contributed by atoms with van der Waals surface area (Å²) in [5, 5.41) is 2.34. The highest BCUT2D eigenvalue weighted by Gasteiger charge is 2.34. The van der Waals surface area contributed by atoms with Crippen LogP contribution in [0.5, 0.6) is 0 Å². The number of hydrogen-bond donors (Lipinski definition) is 2. The van der Waals surface area contributed by atoms with E-state index in [0.717, 1.165) is 17.8 Å². The minimum atomic E-state index is -4.81. The first-order valence-electron chi connectivity index (χ1n) is 8.10. The third-order valence-corrected chi connectivity index (χ3v) is 5.19. The van der Waals surface area contributed by atoms with Gasteiger partial charge in [-0.2, -0.15) is 13.2 Å². The summed E-state index contributed by atoms with van der Waals surface area (Å²) < 4.78 is 65.2. The fraction of sp³-hybridized carbons (Fsp3) is 0.294. The van der Waals surface area contributed by atoms with Crippen molar-refractivity contribution in [3.8, 4) is 0 Å². The summed E-state index contributed by atoms with van der Waals surface area (Å²) in [6.45, 7) is 0.972. The average Bonchev–Trinajstić information content (AvgIpc) is 2.60. The number of rotatable bonds is 7. The number of nitrogens with one attached hydrogen (secondary N) is 2. The molecule has 0 saturated carbocycles. The van der Waals surface area contributed by atoms with Gasteiger partial charge in [0.05, 0.1) is 4.90 Å². The molecule has 2 aromatic rings. The van der Waals surface area contributed by atoms with Crippen molar-refractivity contribution < 1.29 is 26.4 Å². The molecule has 2 N–H and O–H groups in total. The van der Waals surface area contributed by atoms with E-state index in [1.54, 1.807) is 12.1 Å².